The van der Waals surface area contributed by atoms with Gasteiger partial charge in [0.25, 0.3) is 0 Å². The maximum atomic E-state index is 5.52. The maximum absolute atomic E-state index is 5.52. The van der Waals surface area contributed by atoms with Crippen molar-refractivity contribution in [2.45, 2.75) is 32.7 Å². The van der Waals surface area contributed by atoms with Crippen LogP contribution in [0.25, 0.3) is 0 Å². The quantitative estimate of drug-likeness (QED) is 0.228. The summed E-state index contributed by atoms with van der Waals surface area (Å²) in [5.41, 5.74) is 4.38. The summed E-state index contributed by atoms with van der Waals surface area (Å²) in [4.78, 5) is 0. The summed E-state index contributed by atoms with van der Waals surface area (Å²) < 4.78 is 7.01. The first-order chi connectivity index (χ1) is 14.9. The smallest absolute Gasteiger partial charge is 1.00 e. The molecule has 0 heterocycles. The van der Waals surface area contributed by atoms with Crippen molar-refractivity contribution in [3.63, 3.8) is 0 Å². The van der Waals surface area contributed by atoms with Gasteiger partial charge in [-0.25, -0.2) is 0 Å². The molecule has 0 aliphatic heterocycles. The minimum absolute atomic E-state index is 0. The van der Waals surface area contributed by atoms with Crippen molar-refractivity contribution in [2.75, 3.05) is 7.11 Å². The molecule has 0 amide bonds. The molecule has 176 valence electrons. The van der Waals surface area contributed by atoms with E-state index in [1.54, 1.807) is 7.11 Å². The summed E-state index contributed by atoms with van der Waals surface area (Å²) >= 11 is 2.35. The van der Waals surface area contributed by atoms with Crippen LogP contribution in [0.5, 0.6) is 5.75 Å². The van der Waals surface area contributed by atoms with Crippen LogP contribution in [0.4, 0.5) is 0 Å². The standard InChI is InChI=1S/C28H29OSi.3ClH.Ti/c1-21-20-28(4,23(3)22(21)2)30(25-12-8-6-9-13-25,26-14-10-7-11-15-26)27-18-16-24(29-5)17-19-27;;;;/h6-19H,1-5H3;3*1H;/q;;;;+3/p-3. The third-order valence-electron chi connectivity index (χ3n) is 7.44. The minimum Gasteiger partial charge on any atom is -1.00 e. The molecule has 34 heavy (non-hydrogen) atoms. The van der Waals surface area contributed by atoms with E-state index in [0.29, 0.717) is 0 Å². The Bertz CT molecular complexity index is 1100. The zero-order valence-electron chi connectivity index (χ0n) is 20.1. The fraction of sp³-hybridized carbons (Fsp3) is 0.214. The molecule has 3 aromatic rings. The molecule has 0 spiro atoms. The van der Waals surface area contributed by atoms with Crippen molar-refractivity contribution in [1.29, 1.82) is 0 Å². The van der Waals surface area contributed by atoms with Crippen molar-refractivity contribution in [3.05, 3.63) is 106 Å². The Kier molecular flexibility index (Phi) is 11.0. The number of ether oxygens (including phenoxy) is 1. The Morgan fingerprint density at radius 3 is 1.41 bits per heavy atom. The predicted octanol–water partition coefficient (Wildman–Crippen LogP) is -3.89. The molecule has 0 bridgehead atoms. The van der Waals surface area contributed by atoms with Crippen LogP contribution in [-0.2, 0) is 20.4 Å². The summed E-state index contributed by atoms with van der Waals surface area (Å²) in [5, 5.41) is 4.22. The van der Waals surface area contributed by atoms with E-state index >= 15 is 0 Å². The van der Waals surface area contributed by atoms with Gasteiger partial charge in [0.15, 0.2) is 0 Å². The van der Waals surface area contributed by atoms with Crippen LogP contribution < -0.4 is 57.5 Å². The summed E-state index contributed by atoms with van der Waals surface area (Å²) in [6.45, 7) is 9.44. The zero-order chi connectivity index (χ0) is 22.2. The molecule has 6 heteroatoms. The monoisotopic (exact) mass is 562 g/mol. The molecule has 4 rings (SSSR count). The van der Waals surface area contributed by atoms with Crippen molar-refractivity contribution in [2.24, 2.45) is 0 Å². The van der Waals surface area contributed by atoms with Gasteiger partial charge in [0.05, 0.1) is 0 Å². The molecule has 0 aromatic heterocycles. The van der Waals surface area contributed by atoms with E-state index in [2.05, 4.69) is 133 Å². The molecule has 0 N–H and O–H groups in total. The third-order valence-corrected chi connectivity index (χ3v) is 14.9. The van der Waals surface area contributed by atoms with Gasteiger partial charge in [-0.15, -0.1) is 0 Å². The van der Waals surface area contributed by atoms with Gasteiger partial charge in [0, 0.05) is 0 Å². The van der Waals surface area contributed by atoms with Crippen LogP contribution >= 0.6 is 0 Å². The average Bonchev–Trinajstić information content (AvgIpc) is 2.97. The van der Waals surface area contributed by atoms with E-state index in [-0.39, 0.29) is 42.3 Å². The molecule has 0 radical (unpaired) electrons. The number of rotatable bonds is 5. The van der Waals surface area contributed by atoms with Crippen LogP contribution in [0.2, 0.25) is 5.04 Å². The molecule has 3 aromatic carbocycles. The molecule has 1 aliphatic carbocycles. The van der Waals surface area contributed by atoms with Crippen LogP contribution in [0.15, 0.2) is 106 Å². The first-order valence-electron chi connectivity index (χ1n) is 10.8. The van der Waals surface area contributed by atoms with Crippen LogP contribution in [0.3, 0.4) is 0 Å². The second-order valence-corrected chi connectivity index (χ2v) is 13.6. The van der Waals surface area contributed by atoms with Gasteiger partial charge in [0.2, 0.25) is 0 Å². The van der Waals surface area contributed by atoms with E-state index in [9.17, 15) is 0 Å². The van der Waals surface area contributed by atoms with Gasteiger partial charge in [-0.3, -0.25) is 0 Å². The van der Waals surface area contributed by atoms with Crippen molar-refractivity contribution >= 4 is 23.6 Å². The predicted molar refractivity (Wildman–Crippen MR) is 130 cm³/mol. The molecule has 0 fully saturated rings. The molecule has 1 nitrogen and oxygen atoms in total. The normalized spacial score (nSPS) is 17.5. The third kappa shape index (κ3) is 4.50. The van der Waals surface area contributed by atoms with E-state index in [4.69, 9.17) is 4.74 Å². The van der Waals surface area contributed by atoms with Crippen molar-refractivity contribution in [1.82, 2.24) is 0 Å². The average molecular weight is 564 g/mol. The Hall–Kier alpha value is -1.26. The topological polar surface area (TPSA) is 9.23 Å². The van der Waals surface area contributed by atoms with Gasteiger partial charge in [-0.05, 0) is 0 Å². The molecule has 0 saturated heterocycles. The Labute approximate surface area is 235 Å². The zero-order valence-corrected chi connectivity index (χ0v) is 25.0. The Morgan fingerprint density at radius 1 is 0.647 bits per heavy atom. The van der Waals surface area contributed by atoms with Crippen LogP contribution in [-0.4, -0.2) is 15.2 Å². The SMILES string of the molecule is COc1ccc([Si](c2ccccc2)(c2ccccc2)C2(C)C(C)=C(C)C(C)=[C]2[Ti+3])cc1.[Cl-].[Cl-].[Cl-]. The second-order valence-electron chi connectivity index (χ2n) is 8.59. The molecule has 0 saturated carbocycles. The fourth-order valence-electron chi connectivity index (χ4n) is 5.46. The number of methoxy groups -OCH3 is 1. The first kappa shape index (κ1) is 30.8. The molecule has 1 unspecified atom stereocenters. The summed E-state index contributed by atoms with van der Waals surface area (Å²) in [6, 6.07) is 31.3. The van der Waals surface area contributed by atoms with E-state index in [1.807, 2.05) is 0 Å². The number of allylic oxidation sites excluding steroid dienone is 4. The number of benzene rings is 3. The molecular formula is C28H29Cl3OSiTi. The Balaban J connectivity index is 0.00000193. The van der Waals surface area contributed by atoms with Gasteiger partial charge in [0.1, 0.15) is 0 Å². The second kappa shape index (κ2) is 12.1. The number of hydrogen-bond donors (Lipinski definition) is 0. The number of hydrogen-bond acceptors (Lipinski definition) is 1. The molecular weight excluding hydrogens is 535 g/mol. The van der Waals surface area contributed by atoms with Crippen molar-refractivity contribution in [3.8, 4) is 5.75 Å². The van der Waals surface area contributed by atoms with Gasteiger partial charge in [-0.1, -0.05) is 0 Å². The largest absolute Gasteiger partial charge is 1.00 e. The Morgan fingerprint density at radius 2 is 1.06 bits per heavy atom. The summed E-state index contributed by atoms with van der Waals surface area (Å²) in [7, 11) is -0.797. The van der Waals surface area contributed by atoms with Gasteiger partial charge < -0.3 is 37.2 Å². The minimum atomic E-state index is -2.53. The van der Waals surface area contributed by atoms with Gasteiger partial charge in [-0.2, -0.15) is 0 Å². The van der Waals surface area contributed by atoms with Crippen LogP contribution in [0.1, 0.15) is 27.7 Å². The van der Waals surface area contributed by atoms with Gasteiger partial charge >= 0.3 is 200 Å². The van der Waals surface area contributed by atoms with E-state index in [0.717, 1.165) is 5.75 Å². The number of halogens is 3. The van der Waals surface area contributed by atoms with Crippen LogP contribution in [0, 0.1) is 0 Å². The van der Waals surface area contributed by atoms with E-state index in [1.165, 1.54) is 36.2 Å². The summed E-state index contributed by atoms with van der Waals surface area (Å²) in [5.74, 6) is 0.899. The molecule has 1 atom stereocenters. The van der Waals surface area contributed by atoms with E-state index < -0.39 is 8.07 Å². The first-order valence-corrected chi connectivity index (χ1v) is 13.5. The summed E-state index contributed by atoms with van der Waals surface area (Å²) in [6.07, 6.45) is 0. The van der Waals surface area contributed by atoms with Crippen molar-refractivity contribution < 1.29 is 62.4 Å². The molecule has 1 aliphatic rings. The fourth-order valence-corrected chi connectivity index (χ4v) is 13.0. The maximum Gasteiger partial charge on any atom is -1.00 e.